The number of piperazine rings is 1. The molecule has 5 nitrogen and oxygen atoms in total. The van der Waals surface area contributed by atoms with Crippen LogP contribution in [0, 0.1) is 5.82 Å². The van der Waals surface area contributed by atoms with Gasteiger partial charge in [0, 0.05) is 30.7 Å². The first-order chi connectivity index (χ1) is 13.8. The molecule has 3 rings (SSSR count). The maximum Gasteiger partial charge on any atom is 0.260 e. The Labute approximate surface area is 175 Å². The van der Waals surface area contributed by atoms with E-state index in [9.17, 15) is 14.3 Å². The maximum atomic E-state index is 13.2. The fraction of sp³-hybridized carbons (Fsp3) is 0.409. The number of nitrogens with zero attached hydrogens (tertiary/aromatic N) is 2. The lowest BCUT2D eigenvalue weighted by Crippen LogP contribution is -2.62. The zero-order valence-corrected chi connectivity index (χ0v) is 17.3. The van der Waals surface area contributed by atoms with E-state index in [0.29, 0.717) is 30.4 Å². The minimum Gasteiger partial charge on any atom is -0.484 e. The number of rotatable bonds is 6. The number of carbonyl (C=O) groups is 1. The molecule has 2 aromatic carbocycles. The first-order valence-electron chi connectivity index (χ1n) is 9.68. The summed E-state index contributed by atoms with van der Waals surface area (Å²) in [6, 6.07) is 13.0. The lowest BCUT2D eigenvalue weighted by molar-refractivity contribution is -0.141. The van der Waals surface area contributed by atoms with Gasteiger partial charge in [0.2, 0.25) is 0 Å². The quantitative estimate of drug-likeness (QED) is 0.778. The SMILES string of the molecule is CC(O)C1CN(C(=O)COc2ccc(Cl)cc2)C(C)CN1Cc1ccc(F)cc1. The molecule has 1 amide bonds. The summed E-state index contributed by atoms with van der Waals surface area (Å²) in [5, 5.41) is 10.9. The van der Waals surface area contributed by atoms with Gasteiger partial charge in [-0.1, -0.05) is 23.7 Å². The third-order valence-corrected chi connectivity index (χ3v) is 5.49. The molecule has 3 unspecified atom stereocenters. The van der Waals surface area contributed by atoms with E-state index in [-0.39, 0.29) is 30.4 Å². The summed E-state index contributed by atoms with van der Waals surface area (Å²) in [6.45, 7) is 5.24. The minimum atomic E-state index is -0.615. The summed E-state index contributed by atoms with van der Waals surface area (Å²) in [4.78, 5) is 16.7. The molecule has 1 heterocycles. The van der Waals surface area contributed by atoms with Gasteiger partial charge < -0.3 is 14.7 Å². The van der Waals surface area contributed by atoms with Crippen molar-refractivity contribution in [3.8, 4) is 5.75 Å². The third-order valence-electron chi connectivity index (χ3n) is 5.24. The minimum absolute atomic E-state index is 0.0354. The highest BCUT2D eigenvalue weighted by Gasteiger charge is 2.36. The lowest BCUT2D eigenvalue weighted by atomic mass is 10.0. The molecular formula is C22H26ClFN2O3. The Morgan fingerprint density at radius 2 is 1.86 bits per heavy atom. The Morgan fingerprint density at radius 3 is 2.48 bits per heavy atom. The Kier molecular flexibility index (Phi) is 7.11. The molecular weight excluding hydrogens is 395 g/mol. The maximum absolute atomic E-state index is 13.2. The Balaban J connectivity index is 1.63. The van der Waals surface area contributed by atoms with E-state index < -0.39 is 6.10 Å². The van der Waals surface area contributed by atoms with Gasteiger partial charge in [-0.25, -0.2) is 4.39 Å². The summed E-state index contributed by atoms with van der Waals surface area (Å²) in [6.07, 6.45) is -0.615. The number of carbonyl (C=O) groups excluding carboxylic acids is 1. The van der Waals surface area contributed by atoms with Gasteiger partial charge >= 0.3 is 0 Å². The van der Waals surface area contributed by atoms with Crippen LogP contribution in [0.2, 0.25) is 5.02 Å². The molecule has 1 aliphatic heterocycles. The van der Waals surface area contributed by atoms with Crippen LogP contribution in [0.5, 0.6) is 5.75 Å². The average Bonchev–Trinajstić information content (AvgIpc) is 2.69. The molecule has 1 saturated heterocycles. The topological polar surface area (TPSA) is 53.0 Å². The number of aliphatic hydroxyl groups excluding tert-OH is 1. The van der Waals surface area contributed by atoms with Gasteiger partial charge in [-0.15, -0.1) is 0 Å². The normalized spacial score (nSPS) is 21.1. The Hall–Kier alpha value is -2.15. The first-order valence-corrected chi connectivity index (χ1v) is 10.1. The standard InChI is InChI=1S/C22H26ClFN2O3/c1-15-11-25(12-17-3-7-19(24)8-4-17)21(16(2)27)13-26(15)22(28)14-29-20-9-5-18(23)6-10-20/h3-10,15-16,21,27H,11-14H2,1-2H3. The van der Waals surface area contributed by atoms with E-state index in [2.05, 4.69) is 4.90 Å². The summed E-state index contributed by atoms with van der Waals surface area (Å²) < 4.78 is 18.8. The van der Waals surface area contributed by atoms with Crippen molar-refractivity contribution >= 4 is 17.5 Å². The summed E-state index contributed by atoms with van der Waals surface area (Å²) in [5.74, 6) is 0.183. The number of aliphatic hydroxyl groups is 1. The van der Waals surface area contributed by atoms with Crippen molar-refractivity contribution in [1.29, 1.82) is 0 Å². The van der Waals surface area contributed by atoms with Gasteiger partial charge in [-0.3, -0.25) is 9.69 Å². The third kappa shape index (κ3) is 5.69. The van der Waals surface area contributed by atoms with Crippen molar-refractivity contribution in [2.75, 3.05) is 19.7 Å². The predicted octanol–water partition coefficient (Wildman–Crippen LogP) is 3.34. The molecule has 0 bridgehead atoms. The van der Waals surface area contributed by atoms with Crippen LogP contribution in [-0.2, 0) is 11.3 Å². The molecule has 1 aliphatic rings. The average molecular weight is 421 g/mol. The van der Waals surface area contributed by atoms with Crippen molar-refractivity contribution < 1.29 is 19.0 Å². The number of benzene rings is 2. The molecule has 2 aromatic rings. The lowest BCUT2D eigenvalue weighted by Gasteiger charge is -2.46. The van der Waals surface area contributed by atoms with Gasteiger partial charge in [-0.05, 0) is 55.8 Å². The number of amides is 1. The smallest absolute Gasteiger partial charge is 0.260 e. The van der Waals surface area contributed by atoms with Gasteiger partial charge in [0.25, 0.3) is 5.91 Å². The van der Waals surface area contributed by atoms with Crippen molar-refractivity contribution in [3.05, 3.63) is 64.9 Å². The Morgan fingerprint density at radius 1 is 1.21 bits per heavy atom. The second-order valence-corrected chi connectivity index (χ2v) is 7.94. The molecule has 3 atom stereocenters. The second kappa shape index (κ2) is 9.57. The van der Waals surface area contributed by atoms with E-state index in [1.807, 2.05) is 6.92 Å². The molecule has 0 radical (unpaired) electrons. The number of ether oxygens (including phenoxy) is 1. The van der Waals surface area contributed by atoms with E-state index in [4.69, 9.17) is 16.3 Å². The molecule has 0 saturated carbocycles. The molecule has 0 spiro atoms. The van der Waals surface area contributed by atoms with E-state index in [1.165, 1.54) is 12.1 Å². The van der Waals surface area contributed by atoms with Crippen LogP contribution < -0.4 is 4.74 Å². The number of halogens is 2. The molecule has 1 fully saturated rings. The molecule has 29 heavy (non-hydrogen) atoms. The van der Waals surface area contributed by atoms with Crippen LogP contribution in [0.3, 0.4) is 0 Å². The molecule has 156 valence electrons. The van der Waals surface area contributed by atoms with Crippen molar-refractivity contribution in [2.45, 2.75) is 38.6 Å². The van der Waals surface area contributed by atoms with Crippen LogP contribution >= 0.6 is 11.6 Å². The zero-order chi connectivity index (χ0) is 21.0. The fourth-order valence-electron chi connectivity index (χ4n) is 3.64. The number of hydrogen-bond acceptors (Lipinski definition) is 4. The van der Waals surface area contributed by atoms with Crippen molar-refractivity contribution in [3.63, 3.8) is 0 Å². The van der Waals surface area contributed by atoms with Crippen LogP contribution in [0.4, 0.5) is 4.39 Å². The Bertz CT molecular complexity index is 814. The van der Waals surface area contributed by atoms with E-state index in [1.54, 1.807) is 48.2 Å². The van der Waals surface area contributed by atoms with E-state index in [0.717, 1.165) is 5.56 Å². The van der Waals surface area contributed by atoms with Crippen LogP contribution in [-0.4, -0.2) is 58.7 Å². The van der Waals surface area contributed by atoms with Crippen molar-refractivity contribution in [1.82, 2.24) is 9.80 Å². The molecule has 1 N–H and O–H groups in total. The first kappa shape index (κ1) is 21.6. The highest BCUT2D eigenvalue weighted by molar-refractivity contribution is 6.30. The second-order valence-electron chi connectivity index (χ2n) is 7.50. The van der Waals surface area contributed by atoms with Gasteiger partial charge in [0.15, 0.2) is 6.61 Å². The van der Waals surface area contributed by atoms with Gasteiger partial charge in [0.05, 0.1) is 12.1 Å². The van der Waals surface area contributed by atoms with Crippen LogP contribution in [0.25, 0.3) is 0 Å². The highest BCUT2D eigenvalue weighted by atomic mass is 35.5. The highest BCUT2D eigenvalue weighted by Crippen LogP contribution is 2.22. The van der Waals surface area contributed by atoms with Gasteiger partial charge in [-0.2, -0.15) is 0 Å². The van der Waals surface area contributed by atoms with E-state index >= 15 is 0 Å². The molecule has 0 aliphatic carbocycles. The summed E-state index contributed by atoms with van der Waals surface area (Å²) in [5.41, 5.74) is 0.968. The summed E-state index contributed by atoms with van der Waals surface area (Å²) >= 11 is 5.86. The monoisotopic (exact) mass is 420 g/mol. The van der Waals surface area contributed by atoms with Gasteiger partial charge in [0.1, 0.15) is 11.6 Å². The summed E-state index contributed by atoms with van der Waals surface area (Å²) in [7, 11) is 0. The predicted molar refractivity (Wildman–Crippen MR) is 110 cm³/mol. The molecule has 7 heteroatoms. The van der Waals surface area contributed by atoms with Crippen LogP contribution in [0.15, 0.2) is 48.5 Å². The van der Waals surface area contributed by atoms with Crippen LogP contribution in [0.1, 0.15) is 19.4 Å². The molecule has 0 aromatic heterocycles. The zero-order valence-electron chi connectivity index (χ0n) is 16.6. The number of hydrogen-bond donors (Lipinski definition) is 1. The largest absolute Gasteiger partial charge is 0.484 e. The van der Waals surface area contributed by atoms with Crippen molar-refractivity contribution in [2.24, 2.45) is 0 Å². The fourth-order valence-corrected chi connectivity index (χ4v) is 3.77.